The van der Waals surface area contributed by atoms with E-state index in [0.29, 0.717) is 0 Å². The Labute approximate surface area is 128 Å². The number of nitrogens with one attached hydrogen (secondary N) is 1. The van der Waals surface area contributed by atoms with Gasteiger partial charge in [-0.3, -0.25) is 4.68 Å². The second kappa shape index (κ2) is 7.52. The molecule has 0 unspecified atom stereocenters. The first-order chi connectivity index (χ1) is 9.67. The lowest BCUT2D eigenvalue weighted by Crippen LogP contribution is -2.23. The highest BCUT2D eigenvalue weighted by Gasteiger charge is 2.03. The van der Waals surface area contributed by atoms with Crippen molar-refractivity contribution in [3.8, 4) is 0 Å². The van der Waals surface area contributed by atoms with Crippen molar-refractivity contribution in [2.45, 2.75) is 19.6 Å². The van der Waals surface area contributed by atoms with Crippen LogP contribution in [0.1, 0.15) is 11.3 Å². The van der Waals surface area contributed by atoms with Crippen molar-refractivity contribution in [2.24, 2.45) is 0 Å². The molecule has 0 atom stereocenters. The van der Waals surface area contributed by atoms with Crippen molar-refractivity contribution in [1.29, 1.82) is 0 Å². The van der Waals surface area contributed by atoms with E-state index >= 15 is 0 Å². The lowest BCUT2D eigenvalue weighted by molar-refractivity contribution is 0.304. The first-order valence-electron chi connectivity index (χ1n) is 6.64. The van der Waals surface area contributed by atoms with Crippen LogP contribution in [0.3, 0.4) is 0 Å². The van der Waals surface area contributed by atoms with Gasteiger partial charge < -0.3 is 10.2 Å². The second-order valence-corrected chi connectivity index (χ2v) is 5.79. The number of hydrogen-bond acceptors (Lipinski definition) is 4. The molecule has 1 aromatic heterocycles. The first-order valence-corrected chi connectivity index (χ1v) is 7.43. The highest BCUT2D eigenvalue weighted by molar-refractivity contribution is 9.10. The summed E-state index contributed by atoms with van der Waals surface area (Å²) in [6.07, 6.45) is 1.99. The van der Waals surface area contributed by atoms with Gasteiger partial charge in [0.15, 0.2) is 0 Å². The SMILES string of the molecule is CNCc1cn(CCN(C)Cc2cccc(Br)c2)nn1. The molecule has 0 aliphatic rings. The third kappa shape index (κ3) is 4.70. The Morgan fingerprint density at radius 1 is 1.40 bits per heavy atom. The highest BCUT2D eigenvalue weighted by atomic mass is 79.9. The normalized spacial score (nSPS) is 11.2. The minimum atomic E-state index is 0.758. The second-order valence-electron chi connectivity index (χ2n) is 4.87. The van der Waals surface area contributed by atoms with E-state index in [2.05, 4.69) is 61.7 Å². The van der Waals surface area contributed by atoms with E-state index in [1.54, 1.807) is 0 Å². The van der Waals surface area contributed by atoms with Crippen molar-refractivity contribution in [3.05, 3.63) is 46.2 Å². The monoisotopic (exact) mass is 337 g/mol. The molecule has 0 spiro atoms. The Balaban J connectivity index is 1.80. The molecular formula is C14H20BrN5. The Hall–Kier alpha value is -1.24. The molecule has 1 aromatic carbocycles. The standard InChI is InChI=1S/C14H20BrN5/c1-16-9-14-11-20(18-17-14)7-6-19(2)10-12-4-3-5-13(15)8-12/h3-5,8,11,16H,6-7,9-10H2,1-2H3. The van der Waals surface area contributed by atoms with Crippen LogP contribution < -0.4 is 5.32 Å². The Kier molecular flexibility index (Phi) is 5.70. The van der Waals surface area contributed by atoms with Crippen LogP contribution in [0.4, 0.5) is 0 Å². The van der Waals surface area contributed by atoms with Gasteiger partial charge in [0.25, 0.3) is 0 Å². The van der Waals surface area contributed by atoms with Crippen LogP contribution in [0.15, 0.2) is 34.9 Å². The zero-order valence-electron chi connectivity index (χ0n) is 11.9. The van der Waals surface area contributed by atoms with Crippen LogP contribution in [-0.4, -0.2) is 40.5 Å². The predicted molar refractivity (Wildman–Crippen MR) is 83.3 cm³/mol. The molecular weight excluding hydrogens is 318 g/mol. The van der Waals surface area contributed by atoms with E-state index in [1.807, 2.05) is 24.0 Å². The molecule has 1 heterocycles. The summed E-state index contributed by atoms with van der Waals surface area (Å²) in [5.41, 5.74) is 2.28. The molecule has 5 nitrogen and oxygen atoms in total. The molecule has 0 saturated carbocycles. The lowest BCUT2D eigenvalue weighted by Gasteiger charge is -2.16. The summed E-state index contributed by atoms with van der Waals surface area (Å²) < 4.78 is 3.01. The van der Waals surface area contributed by atoms with Gasteiger partial charge in [0.2, 0.25) is 0 Å². The van der Waals surface area contributed by atoms with Crippen molar-refractivity contribution in [2.75, 3.05) is 20.6 Å². The number of hydrogen-bond donors (Lipinski definition) is 1. The average molecular weight is 338 g/mol. The molecule has 0 radical (unpaired) electrons. The van der Waals surface area contributed by atoms with Gasteiger partial charge in [-0.2, -0.15) is 0 Å². The zero-order chi connectivity index (χ0) is 14.4. The van der Waals surface area contributed by atoms with Crippen LogP contribution in [0.5, 0.6) is 0 Å². The van der Waals surface area contributed by atoms with Gasteiger partial charge in [-0.15, -0.1) is 5.10 Å². The minimum absolute atomic E-state index is 0.758. The quantitative estimate of drug-likeness (QED) is 0.838. The number of aromatic nitrogens is 3. The van der Waals surface area contributed by atoms with E-state index in [1.165, 1.54) is 5.56 Å². The van der Waals surface area contributed by atoms with E-state index in [4.69, 9.17) is 0 Å². The number of nitrogens with zero attached hydrogens (tertiary/aromatic N) is 4. The van der Waals surface area contributed by atoms with Gasteiger partial charge in [0, 0.05) is 30.3 Å². The molecule has 108 valence electrons. The van der Waals surface area contributed by atoms with Crippen LogP contribution in [-0.2, 0) is 19.6 Å². The van der Waals surface area contributed by atoms with Crippen LogP contribution in [0.25, 0.3) is 0 Å². The van der Waals surface area contributed by atoms with E-state index in [-0.39, 0.29) is 0 Å². The van der Waals surface area contributed by atoms with Gasteiger partial charge in [0.1, 0.15) is 0 Å². The van der Waals surface area contributed by atoms with Gasteiger partial charge in [0.05, 0.1) is 12.2 Å². The van der Waals surface area contributed by atoms with Crippen molar-refractivity contribution >= 4 is 15.9 Å². The molecule has 20 heavy (non-hydrogen) atoms. The summed E-state index contributed by atoms with van der Waals surface area (Å²) in [4.78, 5) is 2.28. The van der Waals surface area contributed by atoms with Crippen LogP contribution in [0, 0.1) is 0 Å². The Morgan fingerprint density at radius 2 is 2.25 bits per heavy atom. The van der Waals surface area contributed by atoms with E-state index in [9.17, 15) is 0 Å². The van der Waals surface area contributed by atoms with Crippen molar-refractivity contribution in [3.63, 3.8) is 0 Å². The molecule has 1 N–H and O–H groups in total. The summed E-state index contributed by atoms with van der Waals surface area (Å²) in [6, 6.07) is 8.40. The Bertz CT molecular complexity index is 540. The number of likely N-dealkylation sites (N-methyl/N-ethyl adjacent to an activating group) is 1. The topological polar surface area (TPSA) is 46.0 Å². The van der Waals surface area contributed by atoms with Gasteiger partial charge >= 0.3 is 0 Å². The molecule has 0 aliphatic heterocycles. The summed E-state index contributed by atoms with van der Waals surface area (Å²) in [5.74, 6) is 0. The zero-order valence-corrected chi connectivity index (χ0v) is 13.5. The van der Waals surface area contributed by atoms with E-state index < -0.39 is 0 Å². The van der Waals surface area contributed by atoms with Crippen molar-refractivity contribution in [1.82, 2.24) is 25.2 Å². The van der Waals surface area contributed by atoms with Gasteiger partial charge in [-0.1, -0.05) is 33.3 Å². The first kappa shape index (κ1) is 15.2. The molecule has 2 aromatic rings. The summed E-state index contributed by atoms with van der Waals surface area (Å²) >= 11 is 3.50. The Morgan fingerprint density at radius 3 is 3.00 bits per heavy atom. The third-order valence-corrected chi connectivity index (χ3v) is 3.49. The maximum Gasteiger partial charge on any atom is 0.0964 e. The predicted octanol–water partition coefficient (Wildman–Crippen LogP) is 1.89. The van der Waals surface area contributed by atoms with E-state index in [0.717, 1.165) is 36.3 Å². The molecule has 0 saturated heterocycles. The maximum atomic E-state index is 4.12. The summed E-state index contributed by atoms with van der Waals surface area (Å²) in [5, 5.41) is 11.3. The minimum Gasteiger partial charge on any atom is -0.314 e. The van der Waals surface area contributed by atoms with Crippen LogP contribution >= 0.6 is 15.9 Å². The lowest BCUT2D eigenvalue weighted by atomic mass is 10.2. The highest BCUT2D eigenvalue weighted by Crippen LogP contribution is 2.12. The maximum absolute atomic E-state index is 4.12. The third-order valence-electron chi connectivity index (χ3n) is 3.00. The van der Waals surface area contributed by atoms with Gasteiger partial charge in [-0.05, 0) is 31.8 Å². The average Bonchev–Trinajstić information content (AvgIpc) is 2.85. The fraction of sp³-hybridized carbons (Fsp3) is 0.429. The molecule has 6 heteroatoms. The molecule has 0 fully saturated rings. The fourth-order valence-corrected chi connectivity index (χ4v) is 2.46. The van der Waals surface area contributed by atoms with Crippen LogP contribution in [0.2, 0.25) is 0 Å². The summed E-state index contributed by atoms with van der Waals surface area (Å²) in [7, 11) is 4.02. The number of rotatable bonds is 7. The number of halogens is 1. The molecule has 2 rings (SSSR count). The fourth-order valence-electron chi connectivity index (χ4n) is 2.01. The molecule has 0 amide bonds. The molecule has 0 aliphatic carbocycles. The largest absolute Gasteiger partial charge is 0.314 e. The smallest absolute Gasteiger partial charge is 0.0964 e. The molecule has 0 bridgehead atoms. The number of benzene rings is 1. The summed E-state index contributed by atoms with van der Waals surface area (Å²) in [6.45, 7) is 3.47. The van der Waals surface area contributed by atoms with Crippen molar-refractivity contribution < 1.29 is 0 Å². The van der Waals surface area contributed by atoms with Gasteiger partial charge in [-0.25, -0.2) is 0 Å².